The molecule has 0 aliphatic heterocycles. The van der Waals surface area contributed by atoms with Crippen LogP contribution in [0.25, 0.3) is 5.65 Å². The lowest BCUT2D eigenvalue weighted by Crippen LogP contribution is -2.22. The summed E-state index contributed by atoms with van der Waals surface area (Å²) < 4.78 is 1.55. The molecule has 0 amide bonds. The molecule has 0 bridgehead atoms. The number of nitrogens with one attached hydrogen (secondary N) is 1. The Hall–Kier alpha value is -1.58. The van der Waals surface area contributed by atoms with Crippen molar-refractivity contribution in [1.29, 1.82) is 0 Å². The second kappa shape index (κ2) is 3.72. The van der Waals surface area contributed by atoms with E-state index in [0.29, 0.717) is 12.1 Å². The minimum Gasteiger partial charge on any atom is -0.293 e. The van der Waals surface area contributed by atoms with Crippen molar-refractivity contribution in [2.45, 2.75) is 46.5 Å². The van der Waals surface area contributed by atoms with Gasteiger partial charge in [0, 0.05) is 28.4 Å². The molecule has 2 rings (SSSR count). The fourth-order valence-corrected chi connectivity index (χ4v) is 1.96. The lowest BCUT2D eigenvalue weighted by Gasteiger charge is -2.14. The topological polar surface area (TPSA) is 50.2 Å². The van der Waals surface area contributed by atoms with Gasteiger partial charge >= 0.3 is 0 Å². The first kappa shape index (κ1) is 11.9. The van der Waals surface area contributed by atoms with Gasteiger partial charge in [-0.1, -0.05) is 27.7 Å². The van der Waals surface area contributed by atoms with E-state index in [9.17, 15) is 4.79 Å². The van der Waals surface area contributed by atoms with Crippen molar-refractivity contribution in [2.75, 3.05) is 0 Å². The maximum absolute atomic E-state index is 12.2. The van der Waals surface area contributed by atoms with E-state index >= 15 is 0 Å². The normalized spacial score (nSPS) is 12.3. The Morgan fingerprint density at radius 2 is 2.06 bits per heavy atom. The average molecular weight is 233 g/mol. The Balaban J connectivity index is 2.79. The molecule has 0 saturated carbocycles. The van der Waals surface area contributed by atoms with E-state index in [1.165, 1.54) is 0 Å². The summed E-state index contributed by atoms with van der Waals surface area (Å²) in [6.07, 6.45) is 0.713. The highest BCUT2D eigenvalue weighted by atomic mass is 16.1. The molecule has 0 fully saturated rings. The molecule has 0 unspecified atom stereocenters. The van der Waals surface area contributed by atoms with Crippen LogP contribution in [0.5, 0.6) is 0 Å². The van der Waals surface area contributed by atoms with Gasteiger partial charge in [0.15, 0.2) is 5.65 Å². The second-order valence-electron chi connectivity index (χ2n) is 5.45. The molecule has 0 saturated heterocycles. The molecule has 17 heavy (non-hydrogen) atoms. The largest absolute Gasteiger partial charge is 0.293 e. The second-order valence-corrected chi connectivity index (χ2v) is 5.45. The molecule has 2 aromatic rings. The molecule has 4 nitrogen and oxygen atoms in total. The number of aryl methyl sites for hydroxylation is 1. The first-order chi connectivity index (χ1) is 7.84. The zero-order valence-corrected chi connectivity index (χ0v) is 11.1. The van der Waals surface area contributed by atoms with Crippen LogP contribution in [-0.2, 0) is 11.8 Å². The van der Waals surface area contributed by atoms with Crippen molar-refractivity contribution in [3.63, 3.8) is 0 Å². The van der Waals surface area contributed by atoms with Gasteiger partial charge in [0.1, 0.15) is 0 Å². The zero-order valence-electron chi connectivity index (χ0n) is 11.1. The highest BCUT2D eigenvalue weighted by Gasteiger charge is 2.18. The third-order valence-corrected chi connectivity index (χ3v) is 3.08. The molecule has 4 heteroatoms. The Bertz CT molecular complexity index is 614. The van der Waals surface area contributed by atoms with Crippen molar-refractivity contribution in [3.8, 4) is 0 Å². The van der Waals surface area contributed by atoms with Gasteiger partial charge < -0.3 is 0 Å². The third kappa shape index (κ3) is 1.88. The van der Waals surface area contributed by atoms with Gasteiger partial charge in [0.2, 0.25) is 0 Å². The van der Waals surface area contributed by atoms with Crippen LogP contribution < -0.4 is 5.56 Å². The van der Waals surface area contributed by atoms with Gasteiger partial charge in [-0.2, -0.15) is 0 Å². The van der Waals surface area contributed by atoms with Gasteiger partial charge in [-0.15, -0.1) is 0 Å². The fraction of sp³-hybridized carbons (Fsp3) is 0.538. The van der Waals surface area contributed by atoms with Crippen molar-refractivity contribution < 1.29 is 0 Å². The van der Waals surface area contributed by atoms with Crippen LogP contribution in [0.1, 0.15) is 44.6 Å². The molecule has 2 heterocycles. The summed E-state index contributed by atoms with van der Waals surface area (Å²) in [5.74, 6) is 0. The molecule has 0 atom stereocenters. The number of fused-ring (bicyclic) bond motifs is 1. The molecule has 0 radical (unpaired) electrons. The number of aromatic amines is 1. The summed E-state index contributed by atoms with van der Waals surface area (Å²) in [5, 5.41) is 3.15. The van der Waals surface area contributed by atoms with Gasteiger partial charge in [0.05, 0.1) is 0 Å². The number of aromatic nitrogens is 3. The molecule has 1 N–H and O–H groups in total. The predicted molar refractivity (Wildman–Crippen MR) is 68.6 cm³/mol. The summed E-state index contributed by atoms with van der Waals surface area (Å²) in [5.41, 5.74) is 3.34. The van der Waals surface area contributed by atoms with E-state index in [4.69, 9.17) is 0 Å². The summed E-state index contributed by atoms with van der Waals surface area (Å²) in [6.45, 7) is 10.2. The van der Waals surface area contributed by atoms with Crippen LogP contribution in [0, 0.1) is 6.92 Å². The maximum atomic E-state index is 12.2. The molecule has 0 aromatic carbocycles. The minimum absolute atomic E-state index is 0.0135. The standard InChI is InChI=1S/C13H19N3O/c1-6-9-8(2)14-11-7-10(13(3,4)5)15-16(11)12(9)17/h7,15H,6H2,1-5H3. The lowest BCUT2D eigenvalue weighted by molar-refractivity contribution is 0.561. The van der Waals surface area contributed by atoms with Crippen molar-refractivity contribution in [2.24, 2.45) is 0 Å². The summed E-state index contributed by atoms with van der Waals surface area (Å²) in [6, 6.07) is 1.95. The van der Waals surface area contributed by atoms with E-state index in [1.54, 1.807) is 4.52 Å². The van der Waals surface area contributed by atoms with Crippen molar-refractivity contribution in [3.05, 3.63) is 33.4 Å². The summed E-state index contributed by atoms with van der Waals surface area (Å²) in [4.78, 5) is 16.7. The smallest absolute Gasteiger partial charge is 0.276 e. The first-order valence-corrected chi connectivity index (χ1v) is 5.96. The SMILES string of the molecule is CCc1c(C)nc2cc(C(C)(C)C)[nH]n2c1=O. The van der Waals surface area contributed by atoms with Crippen LogP contribution in [-0.4, -0.2) is 14.6 Å². The Labute approximate surface area is 101 Å². The van der Waals surface area contributed by atoms with Gasteiger partial charge in [-0.05, 0) is 13.3 Å². The van der Waals surface area contributed by atoms with E-state index in [1.807, 2.05) is 19.9 Å². The fourth-order valence-electron chi connectivity index (χ4n) is 1.96. The van der Waals surface area contributed by atoms with Crippen molar-refractivity contribution >= 4 is 5.65 Å². The van der Waals surface area contributed by atoms with Gasteiger partial charge in [0.25, 0.3) is 5.56 Å². The summed E-state index contributed by atoms with van der Waals surface area (Å²) in [7, 11) is 0. The molecular weight excluding hydrogens is 214 g/mol. The number of H-pyrrole nitrogens is 1. The predicted octanol–water partition coefficient (Wildman–Crippen LogP) is 2.19. The number of hydrogen-bond donors (Lipinski definition) is 1. The van der Waals surface area contributed by atoms with Crippen LogP contribution in [0.4, 0.5) is 0 Å². The van der Waals surface area contributed by atoms with Crippen molar-refractivity contribution in [1.82, 2.24) is 14.6 Å². The van der Waals surface area contributed by atoms with E-state index in [-0.39, 0.29) is 11.0 Å². The van der Waals surface area contributed by atoms with Crippen LogP contribution in [0.15, 0.2) is 10.9 Å². The van der Waals surface area contributed by atoms with Gasteiger partial charge in [-0.25, -0.2) is 9.50 Å². The number of rotatable bonds is 1. The third-order valence-electron chi connectivity index (χ3n) is 3.08. The highest BCUT2D eigenvalue weighted by molar-refractivity contribution is 5.43. The molecule has 2 aromatic heterocycles. The van der Waals surface area contributed by atoms with Crippen LogP contribution >= 0.6 is 0 Å². The first-order valence-electron chi connectivity index (χ1n) is 5.96. The molecule has 0 spiro atoms. The quantitative estimate of drug-likeness (QED) is 0.820. The Morgan fingerprint density at radius 3 is 2.59 bits per heavy atom. The Kier molecular flexibility index (Phi) is 2.60. The summed E-state index contributed by atoms with van der Waals surface area (Å²) >= 11 is 0. The molecule has 0 aliphatic carbocycles. The average Bonchev–Trinajstić information content (AvgIpc) is 2.61. The van der Waals surface area contributed by atoms with Gasteiger partial charge in [-0.3, -0.25) is 9.89 Å². The Morgan fingerprint density at radius 1 is 1.41 bits per heavy atom. The van der Waals surface area contributed by atoms with E-state index in [0.717, 1.165) is 17.0 Å². The highest BCUT2D eigenvalue weighted by Crippen LogP contribution is 2.21. The van der Waals surface area contributed by atoms with Crippen LogP contribution in [0.2, 0.25) is 0 Å². The number of hydrogen-bond acceptors (Lipinski definition) is 2. The van der Waals surface area contributed by atoms with E-state index in [2.05, 4.69) is 30.9 Å². The monoisotopic (exact) mass is 233 g/mol. The zero-order chi connectivity index (χ0) is 12.8. The van der Waals surface area contributed by atoms with E-state index < -0.39 is 0 Å². The molecule has 92 valence electrons. The van der Waals surface area contributed by atoms with Crippen LogP contribution in [0.3, 0.4) is 0 Å². The molecule has 0 aliphatic rings. The minimum atomic E-state index is -0.0135. The number of nitrogens with zero attached hydrogens (tertiary/aromatic N) is 2. The maximum Gasteiger partial charge on any atom is 0.276 e. The lowest BCUT2D eigenvalue weighted by atomic mass is 9.93. The molecular formula is C13H19N3O.